The first-order valence-electron chi connectivity index (χ1n) is 9.57. The topological polar surface area (TPSA) is 48.3 Å². The molecule has 5 heteroatoms. The first-order valence-corrected chi connectivity index (χ1v) is 9.57. The molecule has 0 spiro atoms. The summed E-state index contributed by atoms with van der Waals surface area (Å²) in [5.41, 5.74) is 4.82. The molecule has 1 aromatic heterocycles. The van der Waals surface area contributed by atoms with Gasteiger partial charge in [-0.05, 0) is 43.5 Å². The lowest BCUT2D eigenvalue weighted by Crippen LogP contribution is -2.13. The fraction of sp³-hybridized carbons (Fsp3) is 0.318. The Morgan fingerprint density at radius 2 is 1.74 bits per heavy atom. The van der Waals surface area contributed by atoms with Gasteiger partial charge in [0.25, 0.3) is 0 Å². The van der Waals surface area contributed by atoms with Gasteiger partial charge in [-0.3, -0.25) is 4.68 Å². The molecule has 2 heterocycles. The van der Waals surface area contributed by atoms with Gasteiger partial charge in [0.2, 0.25) is 0 Å². The second-order valence-corrected chi connectivity index (χ2v) is 6.55. The third kappa shape index (κ3) is 3.63. The van der Waals surface area contributed by atoms with Crippen molar-refractivity contribution >= 4 is 5.82 Å². The summed E-state index contributed by atoms with van der Waals surface area (Å²) < 4.78 is 13.7. The molecule has 1 N–H and O–H groups in total. The number of nitrogens with zero attached hydrogens (tertiary/aromatic N) is 2. The first-order chi connectivity index (χ1) is 13.3. The number of hydrogen-bond donors (Lipinski definition) is 1. The van der Waals surface area contributed by atoms with Gasteiger partial charge in [0.1, 0.15) is 5.82 Å². The fourth-order valence-corrected chi connectivity index (χ4v) is 3.49. The third-order valence-electron chi connectivity index (χ3n) is 4.73. The SMILES string of the molecule is CCOc1cc2c(cc1OCC)-c1cc(NCc3ccccc3)nn1CC2. The van der Waals surface area contributed by atoms with Crippen LogP contribution in [0.1, 0.15) is 25.0 Å². The number of benzene rings is 2. The molecule has 140 valence electrons. The molecular weight excluding hydrogens is 338 g/mol. The Labute approximate surface area is 159 Å². The van der Waals surface area contributed by atoms with E-state index >= 15 is 0 Å². The van der Waals surface area contributed by atoms with Gasteiger partial charge in [0, 0.05) is 24.7 Å². The Morgan fingerprint density at radius 3 is 2.48 bits per heavy atom. The van der Waals surface area contributed by atoms with E-state index in [9.17, 15) is 0 Å². The van der Waals surface area contributed by atoms with Crippen LogP contribution in [-0.4, -0.2) is 23.0 Å². The predicted molar refractivity (Wildman–Crippen MR) is 107 cm³/mol. The summed E-state index contributed by atoms with van der Waals surface area (Å²) in [6.45, 7) is 6.86. The summed E-state index contributed by atoms with van der Waals surface area (Å²) in [4.78, 5) is 0. The molecule has 5 nitrogen and oxygen atoms in total. The summed E-state index contributed by atoms with van der Waals surface area (Å²) in [7, 11) is 0. The average molecular weight is 363 g/mol. The van der Waals surface area contributed by atoms with Gasteiger partial charge < -0.3 is 14.8 Å². The van der Waals surface area contributed by atoms with Gasteiger partial charge in [0.15, 0.2) is 11.5 Å². The Balaban J connectivity index is 1.62. The molecule has 1 aliphatic rings. The molecule has 0 aliphatic carbocycles. The molecule has 0 saturated carbocycles. The minimum atomic E-state index is 0.613. The molecule has 27 heavy (non-hydrogen) atoms. The lowest BCUT2D eigenvalue weighted by Gasteiger charge is -2.21. The minimum Gasteiger partial charge on any atom is -0.490 e. The van der Waals surface area contributed by atoms with Crippen molar-refractivity contribution in [3.63, 3.8) is 0 Å². The van der Waals surface area contributed by atoms with E-state index in [2.05, 4.69) is 52.5 Å². The highest BCUT2D eigenvalue weighted by Gasteiger charge is 2.21. The van der Waals surface area contributed by atoms with Gasteiger partial charge in [-0.15, -0.1) is 0 Å². The molecule has 0 saturated heterocycles. The molecule has 2 aromatic carbocycles. The molecule has 0 bridgehead atoms. The zero-order valence-electron chi connectivity index (χ0n) is 15.9. The van der Waals surface area contributed by atoms with Crippen molar-refractivity contribution in [1.29, 1.82) is 0 Å². The van der Waals surface area contributed by atoms with Crippen LogP contribution in [0.5, 0.6) is 11.5 Å². The van der Waals surface area contributed by atoms with E-state index in [0.717, 1.165) is 42.5 Å². The Bertz CT molecular complexity index is 919. The van der Waals surface area contributed by atoms with E-state index in [1.54, 1.807) is 0 Å². The monoisotopic (exact) mass is 363 g/mol. The van der Waals surface area contributed by atoms with Crippen molar-refractivity contribution in [3.05, 3.63) is 59.7 Å². The largest absolute Gasteiger partial charge is 0.490 e. The quantitative estimate of drug-likeness (QED) is 0.671. The number of aryl methyl sites for hydroxylation is 2. The number of hydrogen-bond acceptors (Lipinski definition) is 4. The van der Waals surface area contributed by atoms with Crippen molar-refractivity contribution in [3.8, 4) is 22.8 Å². The van der Waals surface area contributed by atoms with Crippen LogP contribution in [-0.2, 0) is 19.5 Å². The molecule has 0 amide bonds. The van der Waals surface area contributed by atoms with Crippen LogP contribution < -0.4 is 14.8 Å². The second-order valence-electron chi connectivity index (χ2n) is 6.55. The molecule has 1 aliphatic heterocycles. The highest BCUT2D eigenvalue weighted by atomic mass is 16.5. The fourth-order valence-electron chi connectivity index (χ4n) is 3.49. The number of fused-ring (bicyclic) bond motifs is 3. The first kappa shape index (κ1) is 17.5. The molecule has 0 radical (unpaired) electrons. The smallest absolute Gasteiger partial charge is 0.161 e. The van der Waals surface area contributed by atoms with E-state index < -0.39 is 0 Å². The Morgan fingerprint density at radius 1 is 1.00 bits per heavy atom. The lowest BCUT2D eigenvalue weighted by molar-refractivity contribution is 0.287. The van der Waals surface area contributed by atoms with Gasteiger partial charge in [-0.25, -0.2) is 0 Å². The highest BCUT2D eigenvalue weighted by Crippen LogP contribution is 2.39. The number of anilines is 1. The zero-order valence-corrected chi connectivity index (χ0v) is 15.9. The maximum absolute atomic E-state index is 5.81. The van der Waals surface area contributed by atoms with Crippen molar-refractivity contribution in [1.82, 2.24) is 9.78 Å². The summed E-state index contributed by atoms with van der Waals surface area (Å²) in [6, 6.07) is 16.7. The van der Waals surface area contributed by atoms with E-state index in [4.69, 9.17) is 14.6 Å². The molecule has 0 atom stereocenters. The summed E-state index contributed by atoms with van der Waals surface area (Å²) in [5.74, 6) is 2.52. The lowest BCUT2D eigenvalue weighted by atomic mass is 9.97. The van der Waals surface area contributed by atoms with E-state index in [-0.39, 0.29) is 0 Å². The summed E-state index contributed by atoms with van der Waals surface area (Å²) in [6.07, 6.45) is 0.939. The predicted octanol–water partition coefficient (Wildman–Crippen LogP) is 4.52. The van der Waals surface area contributed by atoms with Crippen molar-refractivity contribution in [2.24, 2.45) is 0 Å². The maximum atomic E-state index is 5.81. The summed E-state index contributed by atoms with van der Waals surface area (Å²) >= 11 is 0. The van der Waals surface area contributed by atoms with E-state index in [0.29, 0.717) is 13.2 Å². The van der Waals surface area contributed by atoms with Gasteiger partial charge in [-0.2, -0.15) is 5.10 Å². The van der Waals surface area contributed by atoms with Crippen LogP contribution in [0.25, 0.3) is 11.3 Å². The summed E-state index contributed by atoms with van der Waals surface area (Å²) in [5, 5.41) is 8.17. The Kier molecular flexibility index (Phi) is 5.01. The van der Waals surface area contributed by atoms with Crippen LogP contribution in [0.3, 0.4) is 0 Å². The number of rotatable bonds is 7. The van der Waals surface area contributed by atoms with Crippen LogP contribution >= 0.6 is 0 Å². The number of ether oxygens (including phenoxy) is 2. The van der Waals surface area contributed by atoms with Crippen molar-refractivity contribution in [2.45, 2.75) is 33.4 Å². The van der Waals surface area contributed by atoms with E-state index in [1.165, 1.54) is 16.7 Å². The average Bonchev–Trinajstić information content (AvgIpc) is 3.12. The molecule has 4 rings (SSSR count). The van der Waals surface area contributed by atoms with Gasteiger partial charge in [-0.1, -0.05) is 30.3 Å². The van der Waals surface area contributed by atoms with Crippen LogP contribution in [0.4, 0.5) is 5.82 Å². The highest BCUT2D eigenvalue weighted by molar-refractivity contribution is 5.72. The van der Waals surface area contributed by atoms with Gasteiger partial charge >= 0.3 is 0 Å². The molecular formula is C22H25N3O2. The molecule has 3 aromatic rings. The molecule has 0 fully saturated rings. The van der Waals surface area contributed by atoms with Crippen molar-refractivity contribution < 1.29 is 9.47 Å². The van der Waals surface area contributed by atoms with Crippen molar-refractivity contribution in [2.75, 3.05) is 18.5 Å². The Hall–Kier alpha value is -2.95. The number of aromatic nitrogens is 2. The normalized spacial score (nSPS) is 12.2. The maximum Gasteiger partial charge on any atom is 0.161 e. The molecule has 0 unspecified atom stereocenters. The van der Waals surface area contributed by atoms with Crippen LogP contribution in [0.15, 0.2) is 48.5 Å². The zero-order chi connectivity index (χ0) is 18.6. The third-order valence-corrected chi connectivity index (χ3v) is 4.73. The standard InChI is InChI=1S/C22H25N3O2/c1-3-26-20-12-17-10-11-25-19(18(17)13-21(20)27-4-2)14-22(24-25)23-15-16-8-6-5-7-9-16/h5-9,12-14H,3-4,10-11,15H2,1-2H3,(H,23,24). The van der Waals surface area contributed by atoms with E-state index in [1.807, 2.05) is 19.9 Å². The number of nitrogens with one attached hydrogen (secondary N) is 1. The van der Waals surface area contributed by atoms with Gasteiger partial charge in [0.05, 0.1) is 18.9 Å². The minimum absolute atomic E-state index is 0.613. The van der Waals surface area contributed by atoms with Crippen LogP contribution in [0.2, 0.25) is 0 Å². The van der Waals surface area contributed by atoms with Crippen LogP contribution in [0, 0.1) is 0 Å². The second kappa shape index (κ2) is 7.74.